The van der Waals surface area contributed by atoms with Crippen LogP contribution in [0.1, 0.15) is 25.4 Å². The zero-order valence-corrected chi connectivity index (χ0v) is 8.55. The fourth-order valence-corrected chi connectivity index (χ4v) is 1.11. The molecule has 2 heterocycles. The second kappa shape index (κ2) is 4.03. The molecule has 2 aromatic heterocycles. The number of hydrogen-bond acceptors (Lipinski definition) is 2. The van der Waals surface area contributed by atoms with Crippen molar-refractivity contribution in [1.29, 1.82) is 0 Å². The standard InChI is InChI=1S/C8H9N3.C2H6/c1-5-3-4-7-8(9-5)11-6(2)10-7;1-2/h3-4H,1-2H3,(H,9,10,11);1-2H3. The van der Waals surface area contributed by atoms with Gasteiger partial charge >= 0.3 is 0 Å². The molecule has 0 saturated heterocycles. The first-order chi connectivity index (χ1) is 6.25. The van der Waals surface area contributed by atoms with E-state index in [-0.39, 0.29) is 0 Å². The molecule has 0 aliphatic carbocycles. The van der Waals surface area contributed by atoms with Crippen molar-refractivity contribution in [3.63, 3.8) is 0 Å². The maximum absolute atomic E-state index is 4.25. The van der Waals surface area contributed by atoms with Crippen LogP contribution in [0.5, 0.6) is 0 Å². The monoisotopic (exact) mass is 177 g/mol. The molecule has 0 unspecified atom stereocenters. The summed E-state index contributed by atoms with van der Waals surface area (Å²) in [6, 6.07) is 3.97. The Labute approximate surface area is 78.2 Å². The number of nitrogens with one attached hydrogen (secondary N) is 1. The van der Waals surface area contributed by atoms with E-state index in [4.69, 9.17) is 0 Å². The number of aromatic amines is 1. The van der Waals surface area contributed by atoms with Gasteiger partial charge in [-0.15, -0.1) is 0 Å². The Morgan fingerprint density at radius 2 is 1.77 bits per heavy atom. The number of fused-ring (bicyclic) bond motifs is 1. The number of imidazole rings is 1. The van der Waals surface area contributed by atoms with E-state index < -0.39 is 0 Å². The summed E-state index contributed by atoms with van der Waals surface area (Å²) in [5, 5.41) is 0. The molecular formula is C10H15N3. The van der Waals surface area contributed by atoms with Crippen molar-refractivity contribution < 1.29 is 0 Å². The highest BCUT2D eigenvalue weighted by atomic mass is 15.0. The van der Waals surface area contributed by atoms with Crippen LogP contribution in [0.4, 0.5) is 0 Å². The van der Waals surface area contributed by atoms with Crippen molar-refractivity contribution in [3.05, 3.63) is 23.7 Å². The Hall–Kier alpha value is -1.38. The Morgan fingerprint density at radius 3 is 2.46 bits per heavy atom. The van der Waals surface area contributed by atoms with Crippen molar-refractivity contribution in [2.45, 2.75) is 27.7 Å². The van der Waals surface area contributed by atoms with Crippen LogP contribution in [0, 0.1) is 13.8 Å². The first-order valence-corrected chi connectivity index (χ1v) is 4.56. The number of nitrogens with zero attached hydrogens (tertiary/aromatic N) is 2. The van der Waals surface area contributed by atoms with Crippen LogP contribution in [-0.4, -0.2) is 15.0 Å². The van der Waals surface area contributed by atoms with Crippen molar-refractivity contribution in [2.24, 2.45) is 0 Å². The van der Waals surface area contributed by atoms with Crippen LogP contribution in [0.3, 0.4) is 0 Å². The summed E-state index contributed by atoms with van der Waals surface area (Å²) in [5.74, 6) is 0.915. The topological polar surface area (TPSA) is 41.6 Å². The number of aryl methyl sites for hydroxylation is 2. The zero-order valence-electron chi connectivity index (χ0n) is 8.55. The summed E-state index contributed by atoms with van der Waals surface area (Å²) < 4.78 is 0. The lowest BCUT2D eigenvalue weighted by Crippen LogP contribution is -1.80. The van der Waals surface area contributed by atoms with Gasteiger partial charge in [-0.05, 0) is 26.0 Å². The van der Waals surface area contributed by atoms with Crippen LogP contribution < -0.4 is 0 Å². The van der Waals surface area contributed by atoms with E-state index in [1.807, 2.05) is 39.8 Å². The lowest BCUT2D eigenvalue weighted by molar-refractivity contribution is 1.15. The van der Waals surface area contributed by atoms with Gasteiger partial charge in [-0.1, -0.05) is 13.8 Å². The molecule has 0 amide bonds. The van der Waals surface area contributed by atoms with E-state index in [1.165, 1.54) is 0 Å². The third kappa shape index (κ3) is 2.05. The van der Waals surface area contributed by atoms with Gasteiger partial charge in [-0.2, -0.15) is 0 Å². The Kier molecular flexibility index (Phi) is 3.01. The molecule has 1 N–H and O–H groups in total. The zero-order chi connectivity index (χ0) is 9.84. The maximum Gasteiger partial charge on any atom is 0.177 e. The molecule has 0 spiro atoms. The van der Waals surface area contributed by atoms with Gasteiger partial charge in [0.25, 0.3) is 0 Å². The summed E-state index contributed by atoms with van der Waals surface area (Å²) in [6.45, 7) is 7.89. The van der Waals surface area contributed by atoms with Crippen molar-refractivity contribution >= 4 is 11.2 Å². The van der Waals surface area contributed by atoms with Gasteiger partial charge in [0.05, 0.1) is 5.52 Å². The van der Waals surface area contributed by atoms with Crippen LogP contribution in [-0.2, 0) is 0 Å². The summed E-state index contributed by atoms with van der Waals surface area (Å²) in [4.78, 5) is 11.6. The van der Waals surface area contributed by atoms with Crippen LogP contribution in [0.25, 0.3) is 11.2 Å². The van der Waals surface area contributed by atoms with Crippen LogP contribution in [0.2, 0.25) is 0 Å². The van der Waals surface area contributed by atoms with Gasteiger partial charge in [0.1, 0.15) is 5.82 Å². The van der Waals surface area contributed by atoms with Gasteiger partial charge in [-0.3, -0.25) is 0 Å². The quantitative estimate of drug-likeness (QED) is 0.672. The lowest BCUT2D eigenvalue weighted by Gasteiger charge is -1.88. The van der Waals surface area contributed by atoms with E-state index in [2.05, 4.69) is 15.0 Å². The fraction of sp³-hybridized carbons (Fsp3) is 0.400. The highest BCUT2D eigenvalue weighted by Gasteiger charge is 1.98. The molecule has 0 aliphatic heterocycles. The average Bonchev–Trinajstić information content (AvgIpc) is 2.48. The van der Waals surface area contributed by atoms with Crippen LogP contribution >= 0.6 is 0 Å². The van der Waals surface area contributed by atoms with Gasteiger partial charge in [0, 0.05) is 5.69 Å². The third-order valence-corrected chi connectivity index (χ3v) is 1.60. The number of rotatable bonds is 0. The molecule has 0 saturated carbocycles. The van der Waals surface area contributed by atoms with E-state index in [9.17, 15) is 0 Å². The third-order valence-electron chi connectivity index (χ3n) is 1.60. The van der Waals surface area contributed by atoms with E-state index in [0.29, 0.717) is 0 Å². The normalized spacial score (nSPS) is 9.54. The predicted molar refractivity (Wildman–Crippen MR) is 54.7 cm³/mol. The molecule has 70 valence electrons. The van der Waals surface area contributed by atoms with Gasteiger partial charge < -0.3 is 4.98 Å². The molecule has 3 nitrogen and oxygen atoms in total. The van der Waals surface area contributed by atoms with E-state index in [1.54, 1.807) is 0 Å². The largest absolute Gasteiger partial charge is 0.341 e. The fourth-order valence-electron chi connectivity index (χ4n) is 1.11. The molecule has 3 heteroatoms. The van der Waals surface area contributed by atoms with Gasteiger partial charge in [-0.25, -0.2) is 9.97 Å². The number of hydrogen-bond donors (Lipinski definition) is 1. The number of H-pyrrole nitrogens is 1. The highest BCUT2D eigenvalue weighted by molar-refractivity contribution is 5.70. The first-order valence-electron chi connectivity index (χ1n) is 4.56. The Morgan fingerprint density at radius 1 is 1.08 bits per heavy atom. The van der Waals surface area contributed by atoms with E-state index in [0.717, 1.165) is 22.7 Å². The van der Waals surface area contributed by atoms with Crippen molar-refractivity contribution in [1.82, 2.24) is 15.0 Å². The Balaban J connectivity index is 0.000000396. The van der Waals surface area contributed by atoms with Crippen molar-refractivity contribution in [2.75, 3.05) is 0 Å². The van der Waals surface area contributed by atoms with E-state index >= 15 is 0 Å². The number of pyridine rings is 1. The SMILES string of the molecule is CC.Cc1ccc2[nH]c(C)nc2n1. The van der Waals surface area contributed by atoms with Gasteiger partial charge in [0.15, 0.2) is 5.65 Å². The average molecular weight is 177 g/mol. The Bertz CT molecular complexity index is 390. The minimum Gasteiger partial charge on any atom is -0.341 e. The minimum atomic E-state index is 0.808. The molecular weight excluding hydrogens is 162 g/mol. The van der Waals surface area contributed by atoms with Gasteiger partial charge in [0.2, 0.25) is 0 Å². The molecule has 0 bridgehead atoms. The first kappa shape index (κ1) is 9.71. The molecule has 13 heavy (non-hydrogen) atoms. The molecule has 2 aromatic rings. The molecule has 2 rings (SSSR count). The summed E-state index contributed by atoms with van der Waals surface area (Å²) >= 11 is 0. The minimum absolute atomic E-state index is 0.808. The maximum atomic E-state index is 4.25. The summed E-state index contributed by atoms with van der Waals surface area (Å²) in [5.41, 5.74) is 2.82. The van der Waals surface area contributed by atoms with Crippen LogP contribution in [0.15, 0.2) is 12.1 Å². The summed E-state index contributed by atoms with van der Waals surface area (Å²) in [7, 11) is 0. The molecule has 0 atom stereocenters. The summed E-state index contributed by atoms with van der Waals surface area (Å²) in [6.07, 6.45) is 0. The lowest BCUT2D eigenvalue weighted by atomic mass is 10.4. The highest BCUT2D eigenvalue weighted by Crippen LogP contribution is 2.08. The number of aromatic nitrogens is 3. The predicted octanol–water partition coefficient (Wildman–Crippen LogP) is 2.60. The smallest absolute Gasteiger partial charge is 0.177 e. The molecule has 0 aliphatic rings. The molecule has 0 radical (unpaired) electrons. The van der Waals surface area contributed by atoms with Crippen molar-refractivity contribution in [3.8, 4) is 0 Å². The second-order valence-corrected chi connectivity index (χ2v) is 2.65. The second-order valence-electron chi connectivity index (χ2n) is 2.65. The molecule has 0 aromatic carbocycles. The molecule has 0 fully saturated rings.